The molecule has 1 aliphatic heterocycles. The van der Waals surface area contributed by atoms with Crippen LogP contribution in [0.2, 0.25) is 0 Å². The van der Waals surface area contributed by atoms with E-state index in [1.54, 1.807) is 0 Å². The van der Waals surface area contributed by atoms with Gasteiger partial charge in [-0.1, -0.05) is 51.6 Å². The van der Waals surface area contributed by atoms with Gasteiger partial charge in [0.05, 0.1) is 28.7 Å². The highest BCUT2D eigenvalue weighted by Gasteiger charge is 2.52. The van der Waals surface area contributed by atoms with Gasteiger partial charge in [0, 0.05) is 23.6 Å². The van der Waals surface area contributed by atoms with Crippen molar-refractivity contribution in [2.24, 2.45) is 21.1 Å². The van der Waals surface area contributed by atoms with Gasteiger partial charge in [-0.25, -0.2) is 0 Å². The lowest BCUT2D eigenvalue weighted by Gasteiger charge is -2.37. The van der Waals surface area contributed by atoms with Crippen molar-refractivity contribution in [3.63, 3.8) is 0 Å². The van der Waals surface area contributed by atoms with Gasteiger partial charge in [0.1, 0.15) is 0 Å². The molecule has 2 aromatic heterocycles. The molecule has 1 unspecified atom stereocenters. The number of hydroxylamine groups is 1. The number of hydrogen-bond acceptors (Lipinski definition) is 6. The Labute approximate surface area is 215 Å². The minimum atomic E-state index is -0.563. The van der Waals surface area contributed by atoms with Gasteiger partial charge in [-0.15, -0.1) is 21.6 Å². The fraction of sp³-hybridized carbons (Fsp3) is 0.444. The first-order valence-corrected chi connectivity index (χ1v) is 13.2. The molecule has 2 bridgehead atoms. The summed E-state index contributed by atoms with van der Waals surface area (Å²) in [5.74, 6) is -0.525. The number of azo groups is 1. The average Bonchev–Trinajstić information content (AvgIpc) is 3.49. The van der Waals surface area contributed by atoms with Gasteiger partial charge in [0.2, 0.25) is 5.88 Å². The highest BCUT2D eigenvalue weighted by molar-refractivity contribution is 7.11. The fourth-order valence-corrected chi connectivity index (χ4v) is 7.13. The SMILES string of the molecule is C=C(NOCC(=O)N=Nc1c(O)n(C[NH+]2C[C@@]3(C)C[C@@H]2CC(C)(C)C3)c2ccccc12)c1cccs1. The minimum Gasteiger partial charge on any atom is -0.493 e. The number of aromatic nitrogens is 1. The summed E-state index contributed by atoms with van der Waals surface area (Å²) in [5.41, 5.74) is 5.10. The minimum absolute atomic E-state index is 0.0382. The first-order chi connectivity index (χ1) is 17.1. The Balaban J connectivity index is 1.30. The second-order valence-electron chi connectivity index (χ2n) is 11.3. The molecular weight excluding hydrogens is 474 g/mol. The van der Waals surface area contributed by atoms with Crippen LogP contribution in [0.15, 0.2) is 58.6 Å². The second kappa shape index (κ2) is 9.46. The summed E-state index contributed by atoms with van der Waals surface area (Å²) in [6.07, 6.45) is 3.64. The molecule has 3 atom stereocenters. The van der Waals surface area contributed by atoms with Gasteiger partial charge in [-0.3, -0.25) is 19.7 Å². The van der Waals surface area contributed by atoms with Crippen LogP contribution in [0, 0.1) is 10.8 Å². The van der Waals surface area contributed by atoms with Crippen LogP contribution in [0.1, 0.15) is 44.9 Å². The molecule has 0 spiro atoms. The molecule has 1 saturated carbocycles. The predicted octanol–water partition coefficient (Wildman–Crippen LogP) is 4.65. The molecule has 1 aliphatic carbocycles. The molecule has 1 saturated heterocycles. The van der Waals surface area contributed by atoms with Crippen molar-refractivity contribution in [3.8, 4) is 5.88 Å². The first kappa shape index (κ1) is 24.7. The van der Waals surface area contributed by atoms with E-state index in [0.29, 0.717) is 34.9 Å². The van der Waals surface area contributed by atoms with Crippen molar-refractivity contribution in [2.75, 3.05) is 13.2 Å². The van der Waals surface area contributed by atoms with Gasteiger partial charge in [-0.05, 0) is 29.3 Å². The molecule has 2 aliphatic rings. The van der Waals surface area contributed by atoms with E-state index in [2.05, 4.69) is 43.1 Å². The Morgan fingerprint density at radius 1 is 1.28 bits per heavy atom. The van der Waals surface area contributed by atoms with Crippen LogP contribution in [-0.2, 0) is 16.3 Å². The molecule has 190 valence electrons. The number of nitrogens with zero attached hydrogens (tertiary/aromatic N) is 3. The van der Waals surface area contributed by atoms with E-state index < -0.39 is 5.91 Å². The Morgan fingerprint density at radius 2 is 2.08 bits per heavy atom. The lowest BCUT2D eigenvalue weighted by molar-refractivity contribution is -0.936. The van der Waals surface area contributed by atoms with Crippen LogP contribution in [-0.4, -0.2) is 34.8 Å². The Hall–Kier alpha value is -3.01. The summed E-state index contributed by atoms with van der Waals surface area (Å²) in [7, 11) is 0. The van der Waals surface area contributed by atoms with E-state index in [9.17, 15) is 9.90 Å². The Morgan fingerprint density at radius 3 is 2.86 bits per heavy atom. The van der Waals surface area contributed by atoms with E-state index in [0.717, 1.165) is 22.3 Å². The van der Waals surface area contributed by atoms with Crippen LogP contribution in [0.5, 0.6) is 5.88 Å². The highest BCUT2D eigenvalue weighted by atomic mass is 32.1. The summed E-state index contributed by atoms with van der Waals surface area (Å²) in [6, 6.07) is 12.1. The topological polar surface area (TPSA) is 92.7 Å². The van der Waals surface area contributed by atoms with Gasteiger partial charge >= 0.3 is 0 Å². The third kappa shape index (κ3) is 4.96. The Kier molecular flexibility index (Phi) is 6.48. The van der Waals surface area contributed by atoms with Crippen LogP contribution < -0.4 is 10.4 Å². The molecule has 0 radical (unpaired) electrons. The van der Waals surface area contributed by atoms with Crippen LogP contribution in [0.4, 0.5) is 5.69 Å². The van der Waals surface area contributed by atoms with Crippen LogP contribution >= 0.6 is 11.3 Å². The van der Waals surface area contributed by atoms with E-state index in [1.165, 1.54) is 35.5 Å². The number of para-hydroxylation sites is 1. The number of benzene rings is 1. The number of aromatic hydroxyl groups is 1. The number of fused-ring (bicyclic) bond motifs is 3. The van der Waals surface area contributed by atoms with Crippen molar-refractivity contribution in [3.05, 3.63) is 53.2 Å². The smallest absolute Gasteiger partial charge is 0.292 e. The van der Waals surface area contributed by atoms with Crippen molar-refractivity contribution in [2.45, 2.75) is 52.7 Å². The fourth-order valence-electron chi connectivity index (χ4n) is 6.49. The maximum absolute atomic E-state index is 12.3. The summed E-state index contributed by atoms with van der Waals surface area (Å²) in [4.78, 5) is 19.9. The first-order valence-electron chi connectivity index (χ1n) is 12.3. The van der Waals surface area contributed by atoms with Gasteiger partial charge in [0.25, 0.3) is 5.91 Å². The summed E-state index contributed by atoms with van der Waals surface area (Å²) in [6.45, 7) is 12.5. The zero-order valence-corrected chi connectivity index (χ0v) is 21.9. The molecule has 9 heteroatoms. The predicted molar refractivity (Wildman–Crippen MR) is 141 cm³/mol. The molecule has 3 heterocycles. The number of amides is 1. The lowest BCUT2D eigenvalue weighted by Crippen LogP contribution is -3.13. The average molecular weight is 509 g/mol. The molecule has 36 heavy (non-hydrogen) atoms. The monoisotopic (exact) mass is 508 g/mol. The molecule has 1 amide bonds. The van der Waals surface area contributed by atoms with Crippen molar-refractivity contribution >= 4 is 39.5 Å². The standard InChI is InChI=1S/C27H33N5O3S/c1-18(22-10-7-11-36-22)30-35-14-23(33)28-29-24-20-8-5-6-9-21(20)32(25(24)34)17-31-16-27(4)13-19(31)12-26(2,3)15-27/h5-11,19,30,34H,1,12-17H2,2-4H3/p+1/t19-,27-/m0/s1. The Bertz CT molecular complexity index is 1310. The highest BCUT2D eigenvalue weighted by Crippen LogP contribution is 2.47. The molecule has 3 N–H and O–H groups in total. The quantitative estimate of drug-likeness (QED) is 0.305. The number of nitrogens with one attached hydrogen (secondary N) is 2. The van der Waals surface area contributed by atoms with Crippen molar-refractivity contribution in [1.82, 2.24) is 10.0 Å². The second-order valence-corrected chi connectivity index (χ2v) is 12.3. The zero-order valence-electron chi connectivity index (χ0n) is 21.1. The van der Waals surface area contributed by atoms with Gasteiger partial charge in [0.15, 0.2) is 19.0 Å². The normalized spacial score (nSPS) is 25.0. The van der Waals surface area contributed by atoms with E-state index in [1.807, 2.05) is 46.3 Å². The molecule has 1 aromatic carbocycles. The number of likely N-dealkylation sites (tertiary alicyclic amines) is 1. The van der Waals surface area contributed by atoms with E-state index in [-0.39, 0.29) is 12.5 Å². The number of carbonyl (C=O) groups excluding carboxylic acids is 1. The lowest BCUT2D eigenvalue weighted by atomic mass is 9.65. The summed E-state index contributed by atoms with van der Waals surface area (Å²) < 4.78 is 1.92. The largest absolute Gasteiger partial charge is 0.493 e. The van der Waals surface area contributed by atoms with Crippen LogP contribution in [0.3, 0.4) is 0 Å². The number of quaternary nitrogens is 1. The van der Waals surface area contributed by atoms with Crippen molar-refractivity contribution < 1.29 is 19.6 Å². The zero-order chi connectivity index (χ0) is 25.5. The van der Waals surface area contributed by atoms with E-state index >= 15 is 0 Å². The number of hydrogen-bond donors (Lipinski definition) is 3. The molecule has 3 aromatic rings. The molecule has 2 fully saturated rings. The number of carbonyl (C=O) groups is 1. The van der Waals surface area contributed by atoms with Gasteiger partial charge < -0.3 is 10.0 Å². The third-order valence-corrected chi connectivity index (χ3v) is 8.35. The van der Waals surface area contributed by atoms with Gasteiger partial charge in [-0.2, -0.15) is 0 Å². The molecular formula is C27H34N5O3S+. The number of thiophene rings is 1. The van der Waals surface area contributed by atoms with Crippen molar-refractivity contribution in [1.29, 1.82) is 0 Å². The van der Waals surface area contributed by atoms with E-state index in [4.69, 9.17) is 4.84 Å². The molecule has 8 nitrogen and oxygen atoms in total. The maximum Gasteiger partial charge on any atom is 0.292 e. The summed E-state index contributed by atoms with van der Waals surface area (Å²) in [5, 5.41) is 21.8. The molecule has 5 rings (SSSR count). The third-order valence-electron chi connectivity index (χ3n) is 7.42. The van der Waals surface area contributed by atoms with Crippen LogP contribution in [0.25, 0.3) is 16.6 Å². The summed E-state index contributed by atoms with van der Waals surface area (Å²) >= 11 is 1.52. The number of rotatable bonds is 8. The maximum atomic E-state index is 12.3.